The molecule has 0 aromatic carbocycles. The first-order valence-corrected chi connectivity index (χ1v) is 7.56. The number of anilines is 1. The molecule has 1 aliphatic heterocycles. The first kappa shape index (κ1) is 13.7. The molecular weight excluding hydrogens is 248 g/mol. The minimum atomic E-state index is 0.106. The van der Waals surface area contributed by atoms with E-state index in [9.17, 15) is 0 Å². The van der Waals surface area contributed by atoms with E-state index in [1.165, 1.54) is 18.6 Å². The van der Waals surface area contributed by atoms with E-state index in [4.69, 9.17) is 4.42 Å². The fourth-order valence-electron chi connectivity index (χ4n) is 2.11. The molecule has 2 N–H and O–H groups in total. The Morgan fingerprint density at radius 1 is 1.50 bits per heavy atom. The van der Waals surface area contributed by atoms with Gasteiger partial charge in [-0.3, -0.25) is 0 Å². The van der Waals surface area contributed by atoms with Crippen LogP contribution in [-0.2, 0) is 0 Å². The van der Waals surface area contributed by atoms with Crippen LogP contribution in [-0.4, -0.2) is 33.8 Å². The third kappa shape index (κ3) is 3.38. The number of rotatable bonds is 6. The Balaban J connectivity index is 1.86. The normalized spacial score (nSPS) is 25.3. The number of nitrogens with one attached hydrogen (secondary N) is 2. The Bertz CT molecular complexity index is 376. The summed E-state index contributed by atoms with van der Waals surface area (Å²) in [6.45, 7) is 8.14. The zero-order valence-electron chi connectivity index (χ0n) is 11.3. The van der Waals surface area contributed by atoms with E-state index >= 15 is 0 Å². The van der Waals surface area contributed by atoms with E-state index in [0.717, 1.165) is 13.1 Å². The molecule has 1 aromatic rings. The van der Waals surface area contributed by atoms with E-state index in [-0.39, 0.29) is 6.04 Å². The molecule has 1 fully saturated rings. The summed E-state index contributed by atoms with van der Waals surface area (Å²) in [5.74, 6) is 1.90. The second-order valence-electron chi connectivity index (χ2n) is 4.98. The van der Waals surface area contributed by atoms with Gasteiger partial charge in [-0.1, -0.05) is 12.0 Å². The van der Waals surface area contributed by atoms with Crippen LogP contribution in [0.1, 0.15) is 45.5 Å². The van der Waals surface area contributed by atoms with Gasteiger partial charge in [-0.25, -0.2) is 0 Å². The highest BCUT2D eigenvalue weighted by Crippen LogP contribution is 2.37. The minimum absolute atomic E-state index is 0.106. The fraction of sp³-hybridized carbons (Fsp3) is 0.833. The summed E-state index contributed by atoms with van der Waals surface area (Å²) in [7, 11) is 0. The lowest BCUT2D eigenvalue weighted by Gasteiger charge is -2.21. The van der Waals surface area contributed by atoms with Crippen molar-refractivity contribution in [1.29, 1.82) is 0 Å². The molecule has 0 bridgehead atoms. The summed E-state index contributed by atoms with van der Waals surface area (Å²) in [5.41, 5.74) is 0. The van der Waals surface area contributed by atoms with Gasteiger partial charge in [0.05, 0.1) is 6.04 Å². The predicted octanol–water partition coefficient (Wildman–Crippen LogP) is 2.44. The molecule has 0 amide bonds. The monoisotopic (exact) mass is 270 g/mol. The maximum Gasteiger partial charge on any atom is 0.315 e. The Hall–Kier alpha value is -0.750. The van der Waals surface area contributed by atoms with Crippen LogP contribution in [0.5, 0.6) is 0 Å². The molecule has 0 saturated carbocycles. The molecule has 102 valence electrons. The van der Waals surface area contributed by atoms with E-state index in [1.807, 2.05) is 18.7 Å². The van der Waals surface area contributed by atoms with Crippen molar-refractivity contribution in [3.05, 3.63) is 5.89 Å². The van der Waals surface area contributed by atoms with Crippen LogP contribution < -0.4 is 10.6 Å². The summed E-state index contributed by atoms with van der Waals surface area (Å²) in [5, 5.41) is 14.6. The van der Waals surface area contributed by atoms with Crippen molar-refractivity contribution in [3.8, 4) is 0 Å². The SMILES string of the molecule is CCNC(C)c1nnc(NCC2(C)CCCS2)o1. The van der Waals surface area contributed by atoms with Crippen molar-refractivity contribution in [1.82, 2.24) is 15.5 Å². The molecule has 0 radical (unpaired) electrons. The van der Waals surface area contributed by atoms with Crippen LogP contribution in [0.3, 0.4) is 0 Å². The van der Waals surface area contributed by atoms with Crippen molar-refractivity contribution in [2.75, 3.05) is 24.2 Å². The summed E-state index contributed by atoms with van der Waals surface area (Å²) in [4.78, 5) is 0. The maximum atomic E-state index is 5.60. The second-order valence-corrected chi connectivity index (χ2v) is 6.66. The molecule has 1 aromatic heterocycles. The van der Waals surface area contributed by atoms with Crippen LogP contribution in [0.2, 0.25) is 0 Å². The van der Waals surface area contributed by atoms with E-state index in [1.54, 1.807) is 0 Å². The fourth-order valence-corrected chi connectivity index (χ4v) is 3.36. The lowest BCUT2D eigenvalue weighted by molar-refractivity contribution is 0.427. The number of hydrogen-bond donors (Lipinski definition) is 2. The third-order valence-corrected chi connectivity index (χ3v) is 4.77. The van der Waals surface area contributed by atoms with Crippen LogP contribution in [0.15, 0.2) is 4.42 Å². The average molecular weight is 270 g/mol. The van der Waals surface area contributed by atoms with Crippen molar-refractivity contribution in [3.63, 3.8) is 0 Å². The van der Waals surface area contributed by atoms with Crippen molar-refractivity contribution in [2.24, 2.45) is 0 Å². The van der Waals surface area contributed by atoms with Crippen LogP contribution in [0.4, 0.5) is 6.01 Å². The van der Waals surface area contributed by atoms with Gasteiger partial charge >= 0.3 is 6.01 Å². The molecule has 5 nitrogen and oxygen atoms in total. The first-order chi connectivity index (χ1) is 8.63. The van der Waals surface area contributed by atoms with Gasteiger partial charge in [0.15, 0.2) is 0 Å². The van der Waals surface area contributed by atoms with E-state index in [2.05, 4.69) is 34.7 Å². The quantitative estimate of drug-likeness (QED) is 0.828. The van der Waals surface area contributed by atoms with Gasteiger partial charge in [0.1, 0.15) is 0 Å². The molecule has 1 aliphatic rings. The molecule has 1 saturated heterocycles. The molecule has 2 atom stereocenters. The lowest BCUT2D eigenvalue weighted by atomic mass is 10.1. The molecule has 18 heavy (non-hydrogen) atoms. The van der Waals surface area contributed by atoms with Gasteiger partial charge in [-0.2, -0.15) is 11.8 Å². The van der Waals surface area contributed by atoms with Crippen LogP contribution in [0, 0.1) is 0 Å². The molecular formula is C12H22N4OS. The summed E-state index contributed by atoms with van der Waals surface area (Å²) in [6.07, 6.45) is 2.55. The van der Waals surface area contributed by atoms with Gasteiger partial charge < -0.3 is 15.1 Å². The number of nitrogens with zero attached hydrogens (tertiary/aromatic N) is 2. The molecule has 6 heteroatoms. The largest absolute Gasteiger partial charge is 0.406 e. The topological polar surface area (TPSA) is 63.0 Å². The summed E-state index contributed by atoms with van der Waals surface area (Å²) < 4.78 is 5.91. The molecule has 2 rings (SSSR count). The lowest BCUT2D eigenvalue weighted by Crippen LogP contribution is -2.27. The summed E-state index contributed by atoms with van der Waals surface area (Å²) in [6, 6.07) is 0.637. The number of aromatic nitrogens is 2. The zero-order valence-corrected chi connectivity index (χ0v) is 12.1. The minimum Gasteiger partial charge on any atom is -0.406 e. The van der Waals surface area contributed by atoms with E-state index in [0.29, 0.717) is 16.7 Å². The van der Waals surface area contributed by atoms with Gasteiger partial charge in [-0.05, 0) is 39.0 Å². The molecule has 0 aliphatic carbocycles. The standard InChI is InChI=1S/C12H22N4OS/c1-4-13-9(2)10-15-16-11(17-10)14-8-12(3)6-5-7-18-12/h9,13H,4-8H2,1-3H3,(H,14,16). The molecule has 2 unspecified atom stereocenters. The van der Waals surface area contributed by atoms with Crippen LogP contribution >= 0.6 is 11.8 Å². The van der Waals surface area contributed by atoms with Crippen molar-refractivity contribution < 1.29 is 4.42 Å². The van der Waals surface area contributed by atoms with Crippen LogP contribution in [0.25, 0.3) is 0 Å². The smallest absolute Gasteiger partial charge is 0.315 e. The van der Waals surface area contributed by atoms with Crippen molar-refractivity contribution in [2.45, 2.75) is 44.4 Å². The predicted molar refractivity (Wildman–Crippen MR) is 75.0 cm³/mol. The number of hydrogen-bond acceptors (Lipinski definition) is 6. The highest BCUT2D eigenvalue weighted by Gasteiger charge is 2.29. The third-order valence-electron chi connectivity index (χ3n) is 3.24. The molecule has 0 spiro atoms. The maximum absolute atomic E-state index is 5.60. The second kappa shape index (κ2) is 5.93. The van der Waals surface area contributed by atoms with Crippen molar-refractivity contribution >= 4 is 17.8 Å². The zero-order chi connectivity index (χ0) is 13.0. The van der Waals surface area contributed by atoms with E-state index < -0.39 is 0 Å². The average Bonchev–Trinajstić information content (AvgIpc) is 2.96. The molecule has 2 heterocycles. The highest BCUT2D eigenvalue weighted by atomic mass is 32.2. The number of thioether (sulfide) groups is 1. The van der Waals surface area contributed by atoms with Gasteiger partial charge in [0, 0.05) is 11.3 Å². The Labute approximate surface area is 112 Å². The Morgan fingerprint density at radius 2 is 2.33 bits per heavy atom. The summed E-state index contributed by atoms with van der Waals surface area (Å²) >= 11 is 2.02. The Morgan fingerprint density at radius 3 is 3.00 bits per heavy atom. The highest BCUT2D eigenvalue weighted by molar-refractivity contribution is 8.00. The van der Waals surface area contributed by atoms with Gasteiger partial charge in [0.25, 0.3) is 0 Å². The Kier molecular flexibility index (Phi) is 4.50. The first-order valence-electron chi connectivity index (χ1n) is 6.57. The van der Waals surface area contributed by atoms with Gasteiger partial charge in [-0.15, -0.1) is 5.10 Å². The van der Waals surface area contributed by atoms with Gasteiger partial charge in [0.2, 0.25) is 5.89 Å².